The molecule has 252 valence electrons. The summed E-state index contributed by atoms with van der Waals surface area (Å²) in [6, 6.07) is 56.5. The maximum Gasteiger partial charge on any atom is 0.0995 e. The minimum atomic E-state index is -0.305. The third-order valence-electron chi connectivity index (χ3n) is 11.4. The van der Waals surface area contributed by atoms with Gasteiger partial charge in [0.2, 0.25) is 0 Å². The van der Waals surface area contributed by atoms with Crippen molar-refractivity contribution in [2.45, 2.75) is 39.2 Å². The highest BCUT2D eigenvalue weighted by Crippen LogP contribution is 2.53. The van der Waals surface area contributed by atoms with Gasteiger partial charge >= 0.3 is 0 Å². The number of aromatic nitrogens is 1. The fourth-order valence-corrected chi connectivity index (χ4v) is 9.06. The smallest absolute Gasteiger partial charge is 0.0995 e. The van der Waals surface area contributed by atoms with E-state index >= 15 is 0 Å². The largest absolute Gasteiger partial charge is 0.341 e. The van der Waals surface area contributed by atoms with Gasteiger partial charge in [-0.25, -0.2) is 0 Å². The van der Waals surface area contributed by atoms with E-state index in [9.17, 15) is 10.5 Å². The molecule has 2 atom stereocenters. The predicted molar refractivity (Wildman–Crippen MR) is 217 cm³/mol. The molecule has 8 aromatic rings. The van der Waals surface area contributed by atoms with Crippen molar-refractivity contribution in [3.63, 3.8) is 0 Å². The zero-order chi connectivity index (χ0) is 36.2. The summed E-state index contributed by atoms with van der Waals surface area (Å²) in [5, 5.41) is 24.2. The van der Waals surface area contributed by atoms with Gasteiger partial charge in [0.15, 0.2) is 0 Å². The third-order valence-corrected chi connectivity index (χ3v) is 11.4. The van der Waals surface area contributed by atoms with Gasteiger partial charge in [-0.15, -0.1) is 0 Å². The molecule has 0 saturated carbocycles. The number of rotatable bonds is 5. The highest BCUT2D eigenvalue weighted by molar-refractivity contribution is 6.09. The summed E-state index contributed by atoms with van der Waals surface area (Å²) in [4.78, 5) is 0. The number of para-hydroxylation sites is 1. The van der Waals surface area contributed by atoms with Crippen LogP contribution in [0, 0.1) is 29.6 Å². The number of hydrogen-bond donors (Lipinski definition) is 0. The minimum absolute atomic E-state index is 0.00891. The number of fused-ring (bicyclic) bond motifs is 5. The molecule has 0 spiro atoms. The van der Waals surface area contributed by atoms with Crippen LogP contribution < -0.4 is 0 Å². The Morgan fingerprint density at radius 1 is 0.528 bits per heavy atom. The van der Waals surface area contributed by atoms with E-state index in [1.54, 1.807) is 0 Å². The molecule has 3 nitrogen and oxygen atoms in total. The zero-order valence-electron chi connectivity index (χ0n) is 30.1. The summed E-state index contributed by atoms with van der Waals surface area (Å²) in [6.45, 7) is 7.49. The summed E-state index contributed by atoms with van der Waals surface area (Å²) in [5.74, 6) is -0.314. The molecular formula is C50H37N3. The van der Waals surface area contributed by atoms with Crippen LogP contribution in [0.3, 0.4) is 0 Å². The SMILES string of the molecule is CCn1c2ccccc2c2ccc(-c3cccc4c3C(C)c3cc(-c5ccccc5)cc(C#N)c3C4c3c(C)cc(-c4ccccc4)cc3C#N)cc21. The van der Waals surface area contributed by atoms with Gasteiger partial charge in [-0.2, -0.15) is 10.5 Å². The van der Waals surface area contributed by atoms with Gasteiger partial charge in [0.1, 0.15) is 0 Å². The topological polar surface area (TPSA) is 52.5 Å². The van der Waals surface area contributed by atoms with E-state index < -0.39 is 0 Å². The molecule has 9 rings (SSSR count). The minimum Gasteiger partial charge on any atom is -0.341 e. The Labute approximate surface area is 310 Å². The molecule has 0 bridgehead atoms. The number of nitrogens with zero attached hydrogens (tertiary/aromatic N) is 3. The number of hydrogen-bond acceptors (Lipinski definition) is 2. The lowest BCUT2D eigenvalue weighted by atomic mass is 9.66. The second-order valence-electron chi connectivity index (χ2n) is 14.2. The zero-order valence-corrected chi connectivity index (χ0v) is 30.1. The Balaban J connectivity index is 1.33. The quantitative estimate of drug-likeness (QED) is 0.182. The Morgan fingerprint density at radius 3 is 1.83 bits per heavy atom. The first-order valence-electron chi connectivity index (χ1n) is 18.4. The van der Waals surface area contributed by atoms with Crippen molar-refractivity contribution >= 4 is 21.8 Å². The first-order chi connectivity index (χ1) is 26.0. The molecule has 0 aliphatic heterocycles. The van der Waals surface area contributed by atoms with Crippen LogP contribution in [0.2, 0.25) is 0 Å². The van der Waals surface area contributed by atoms with Crippen molar-refractivity contribution in [1.29, 1.82) is 10.5 Å². The maximum atomic E-state index is 10.9. The van der Waals surface area contributed by atoms with E-state index in [1.807, 2.05) is 48.5 Å². The molecule has 7 aromatic carbocycles. The van der Waals surface area contributed by atoms with Gasteiger partial charge in [0.05, 0.1) is 23.3 Å². The molecule has 0 radical (unpaired) electrons. The predicted octanol–water partition coefficient (Wildman–Crippen LogP) is 12.5. The molecule has 0 N–H and O–H groups in total. The second kappa shape index (κ2) is 12.8. The maximum absolute atomic E-state index is 10.9. The van der Waals surface area contributed by atoms with Crippen LogP contribution in [0.4, 0.5) is 0 Å². The van der Waals surface area contributed by atoms with Crippen molar-refractivity contribution < 1.29 is 0 Å². The first kappa shape index (κ1) is 32.2. The second-order valence-corrected chi connectivity index (χ2v) is 14.2. The van der Waals surface area contributed by atoms with Crippen LogP contribution in [-0.2, 0) is 6.54 Å². The van der Waals surface area contributed by atoms with E-state index in [-0.39, 0.29) is 11.8 Å². The number of benzene rings is 7. The van der Waals surface area contributed by atoms with Gasteiger partial charge in [-0.05, 0) is 105 Å². The molecule has 3 heteroatoms. The molecule has 0 amide bonds. The van der Waals surface area contributed by atoms with Crippen molar-refractivity contribution in [3.05, 3.63) is 190 Å². The monoisotopic (exact) mass is 679 g/mol. The molecule has 0 fully saturated rings. The van der Waals surface area contributed by atoms with E-state index in [2.05, 4.69) is 135 Å². The van der Waals surface area contributed by atoms with Gasteiger partial charge in [0, 0.05) is 40.2 Å². The molecule has 1 heterocycles. The van der Waals surface area contributed by atoms with Crippen LogP contribution in [0.25, 0.3) is 55.2 Å². The normalized spacial score (nSPS) is 14.7. The van der Waals surface area contributed by atoms with Crippen molar-refractivity contribution in [2.75, 3.05) is 0 Å². The highest BCUT2D eigenvalue weighted by Gasteiger charge is 2.37. The van der Waals surface area contributed by atoms with Gasteiger partial charge in [-0.3, -0.25) is 0 Å². The van der Waals surface area contributed by atoms with E-state index in [0.717, 1.165) is 62.2 Å². The summed E-state index contributed by atoms with van der Waals surface area (Å²) in [7, 11) is 0. The molecule has 53 heavy (non-hydrogen) atoms. The van der Waals surface area contributed by atoms with Crippen LogP contribution in [0.15, 0.2) is 146 Å². The highest BCUT2D eigenvalue weighted by atomic mass is 15.0. The molecule has 1 aliphatic rings. The Kier molecular flexibility index (Phi) is 7.80. The van der Waals surface area contributed by atoms with Crippen LogP contribution >= 0.6 is 0 Å². The Morgan fingerprint density at radius 2 is 1.15 bits per heavy atom. The average molecular weight is 680 g/mol. The number of nitriles is 2. The fraction of sp³-hybridized carbons (Fsp3) is 0.120. The van der Waals surface area contributed by atoms with Crippen molar-refractivity contribution in [1.82, 2.24) is 4.57 Å². The summed E-state index contributed by atoms with van der Waals surface area (Å²) >= 11 is 0. The lowest BCUT2D eigenvalue weighted by molar-refractivity contribution is 0.790. The lowest BCUT2D eigenvalue weighted by Crippen LogP contribution is -2.22. The van der Waals surface area contributed by atoms with Crippen LogP contribution in [0.1, 0.15) is 70.2 Å². The van der Waals surface area contributed by atoms with E-state index in [4.69, 9.17) is 0 Å². The average Bonchev–Trinajstić information content (AvgIpc) is 3.54. The Hall–Kier alpha value is -6.68. The van der Waals surface area contributed by atoms with Crippen LogP contribution in [-0.4, -0.2) is 4.57 Å². The first-order valence-corrected chi connectivity index (χ1v) is 18.4. The van der Waals surface area contributed by atoms with Crippen LogP contribution in [0.5, 0.6) is 0 Å². The standard InChI is InChI=1S/C50H37N3/c1-4-53-45-21-12-11-18-41(45)42-23-22-35(28-46(42)53)40-19-13-20-43-48(40)32(3)44-27-37(34-16-9-6-10-17-34)26-39(30-52)49(44)50(43)47-31(2)24-36(25-38(47)29-51)33-14-7-5-8-15-33/h5-28,32,50H,4H2,1-3H3. The van der Waals surface area contributed by atoms with Gasteiger partial charge in [0.25, 0.3) is 0 Å². The summed E-state index contributed by atoms with van der Waals surface area (Å²) in [5.41, 5.74) is 16.8. The van der Waals surface area contributed by atoms with Gasteiger partial charge < -0.3 is 4.57 Å². The molecule has 0 saturated heterocycles. The lowest BCUT2D eigenvalue weighted by Gasteiger charge is -2.37. The summed E-state index contributed by atoms with van der Waals surface area (Å²) < 4.78 is 2.41. The fourth-order valence-electron chi connectivity index (χ4n) is 9.06. The molecular weight excluding hydrogens is 643 g/mol. The Bertz CT molecular complexity index is 2810. The third kappa shape index (κ3) is 5.09. The van der Waals surface area contributed by atoms with E-state index in [0.29, 0.717) is 11.1 Å². The van der Waals surface area contributed by atoms with E-state index in [1.165, 1.54) is 32.9 Å². The van der Waals surface area contributed by atoms with Crippen molar-refractivity contribution in [3.8, 4) is 45.5 Å². The molecule has 1 aliphatic carbocycles. The molecule has 1 aromatic heterocycles. The summed E-state index contributed by atoms with van der Waals surface area (Å²) in [6.07, 6.45) is 0. The van der Waals surface area contributed by atoms with Crippen molar-refractivity contribution in [2.24, 2.45) is 0 Å². The number of aryl methyl sites for hydroxylation is 2. The molecule has 2 unspecified atom stereocenters. The van der Waals surface area contributed by atoms with Gasteiger partial charge in [-0.1, -0.05) is 128 Å².